The van der Waals surface area contributed by atoms with Gasteiger partial charge in [0.2, 0.25) is 0 Å². The highest BCUT2D eigenvalue weighted by Crippen LogP contribution is 2.27. The first-order valence-electron chi connectivity index (χ1n) is 7.78. The van der Waals surface area contributed by atoms with Gasteiger partial charge >= 0.3 is 5.97 Å². The molecule has 0 saturated heterocycles. The van der Waals surface area contributed by atoms with Crippen LogP contribution < -0.4 is 10.1 Å². The minimum atomic E-state index is -0.474. The molecule has 1 saturated carbocycles. The molecule has 126 valence electrons. The van der Waals surface area contributed by atoms with Gasteiger partial charge in [0.05, 0.1) is 25.0 Å². The molecule has 1 N–H and O–H groups in total. The molecule has 1 aliphatic carbocycles. The largest absolute Gasteiger partial charge is 0.490 e. The highest BCUT2D eigenvalue weighted by molar-refractivity contribution is 7.17. The van der Waals surface area contributed by atoms with E-state index >= 15 is 0 Å². The van der Waals surface area contributed by atoms with Gasteiger partial charge < -0.3 is 9.47 Å². The number of anilines is 1. The Morgan fingerprint density at radius 3 is 2.75 bits per heavy atom. The number of nitrogens with zero attached hydrogens (tertiary/aromatic N) is 1. The second-order valence-electron chi connectivity index (χ2n) is 5.50. The van der Waals surface area contributed by atoms with Gasteiger partial charge in [-0.25, -0.2) is 9.78 Å². The van der Waals surface area contributed by atoms with Crippen LogP contribution in [0.2, 0.25) is 0 Å². The zero-order valence-electron chi connectivity index (χ0n) is 13.3. The van der Waals surface area contributed by atoms with Gasteiger partial charge in [-0.05, 0) is 37.8 Å². The Morgan fingerprint density at radius 1 is 1.25 bits per heavy atom. The molecular weight excluding hydrogens is 328 g/mol. The van der Waals surface area contributed by atoms with Crippen molar-refractivity contribution < 1.29 is 19.1 Å². The van der Waals surface area contributed by atoms with Crippen molar-refractivity contribution in [2.75, 3.05) is 12.4 Å². The first-order valence-corrected chi connectivity index (χ1v) is 8.60. The van der Waals surface area contributed by atoms with Gasteiger partial charge in [0.25, 0.3) is 5.91 Å². The van der Waals surface area contributed by atoms with Crippen LogP contribution in [-0.2, 0) is 4.74 Å². The van der Waals surface area contributed by atoms with Gasteiger partial charge in [0.1, 0.15) is 10.6 Å². The number of rotatable bonds is 5. The van der Waals surface area contributed by atoms with Gasteiger partial charge in [-0.3, -0.25) is 10.1 Å². The molecule has 1 amide bonds. The number of para-hydroxylation sites is 1. The fourth-order valence-corrected chi connectivity index (χ4v) is 3.36. The zero-order chi connectivity index (χ0) is 16.9. The van der Waals surface area contributed by atoms with Gasteiger partial charge in [-0.15, -0.1) is 0 Å². The van der Waals surface area contributed by atoms with E-state index in [-0.39, 0.29) is 12.0 Å². The minimum Gasteiger partial charge on any atom is -0.490 e. The number of carbonyl (C=O) groups is 2. The van der Waals surface area contributed by atoms with Crippen molar-refractivity contribution in [3.63, 3.8) is 0 Å². The molecule has 1 heterocycles. The number of carbonyl (C=O) groups excluding carboxylic acids is 2. The second kappa shape index (κ2) is 7.44. The first kappa shape index (κ1) is 16.4. The molecular formula is C17H18N2O4S. The summed E-state index contributed by atoms with van der Waals surface area (Å²) in [7, 11) is 1.30. The van der Waals surface area contributed by atoms with Crippen LogP contribution in [0.1, 0.15) is 45.7 Å². The van der Waals surface area contributed by atoms with Gasteiger partial charge in [0.15, 0.2) is 5.13 Å². The van der Waals surface area contributed by atoms with Crippen LogP contribution in [-0.4, -0.2) is 30.1 Å². The molecule has 1 fully saturated rings. The predicted molar refractivity (Wildman–Crippen MR) is 90.7 cm³/mol. The third kappa shape index (κ3) is 3.73. The molecule has 0 bridgehead atoms. The fourth-order valence-electron chi connectivity index (χ4n) is 2.63. The normalized spacial score (nSPS) is 14.4. The van der Waals surface area contributed by atoms with Crippen LogP contribution in [0.25, 0.3) is 0 Å². The molecule has 1 aliphatic rings. The summed E-state index contributed by atoms with van der Waals surface area (Å²) >= 11 is 1.07. The van der Waals surface area contributed by atoms with Crippen LogP contribution in [0.3, 0.4) is 0 Å². The van der Waals surface area contributed by atoms with E-state index in [0.29, 0.717) is 21.3 Å². The Morgan fingerprint density at radius 2 is 2.00 bits per heavy atom. The molecule has 3 rings (SSSR count). The van der Waals surface area contributed by atoms with E-state index in [4.69, 9.17) is 4.74 Å². The quantitative estimate of drug-likeness (QED) is 0.839. The number of aromatic nitrogens is 1. The Labute approximate surface area is 143 Å². The summed E-state index contributed by atoms with van der Waals surface area (Å²) in [4.78, 5) is 28.3. The lowest BCUT2D eigenvalue weighted by molar-refractivity contribution is 0.0606. The number of methoxy groups -OCH3 is 1. The van der Waals surface area contributed by atoms with Crippen LogP contribution in [0.5, 0.6) is 5.75 Å². The molecule has 2 aromatic rings. The van der Waals surface area contributed by atoms with Crippen LogP contribution in [0.4, 0.5) is 5.13 Å². The number of esters is 1. The molecule has 0 radical (unpaired) electrons. The summed E-state index contributed by atoms with van der Waals surface area (Å²) in [5, 5.41) is 3.05. The molecule has 0 atom stereocenters. The number of nitrogens with one attached hydrogen (secondary N) is 1. The molecule has 6 nitrogen and oxygen atoms in total. The minimum absolute atomic E-state index is 0.171. The second-order valence-corrected chi connectivity index (χ2v) is 6.53. The van der Waals surface area contributed by atoms with Gasteiger partial charge in [-0.2, -0.15) is 0 Å². The average molecular weight is 346 g/mol. The number of thiazole rings is 1. The summed E-state index contributed by atoms with van der Waals surface area (Å²) in [5.41, 5.74) is 0.458. The summed E-state index contributed by atoms with van der Waals surface area (Å²) in [6, 6.07) is 7.15. The molecule has 7 heteroatoms. The third-order valence-electron chi connectivity index (χ3n) is 3.84. The molecule has 24 heavy (non-hydrogen) atoms. The van der Waals surface area contributed by atoms with Gasteiger partial charge in [-0.1, -0.05) is 23.5 Å². The SMILES string of the molecule is COC(=O)c1cnc(NC(=O)c2ccccc2OC2CCCC2)s1. The van der Waals surface area contributed by atoms with Crippen LogP contribution >= 0.6 is 11.3 Å². The Bertz CT molecular complexity index is 738. The number of amides is 1. The molecule has 0 unspecified atom stereocenters. The summed E-state index contributed by atoms with van der Waals surface area (Å²) in [6.45, 7) is 0. The van der Waals surface area contributed by atoms with Crippen molar-refractivity contribution in [3.8, 4) is 5.75 Å². The lowest BCUT2D eigenvalue weighted by Gasteiger charge is -2.15. The summed E-state index contributed by atoms with van der Waals surface area (Å²) in [5.74, 6) is -0.209. The van der Waals surface area contributed by atoms with E-state index in [1.165, 1.54) is 13.3 Å². The Kier molecular flexibility index (Phi) is 5.10. The lowest BCUT2D eigenvalue weighted by Crippen LogP contribution is -2.17. The molecule has 0 aliphatic heterocycles. The summed E-state index contributed by atoms with van der Waals surface area (Å²) < 4.78 is 10.6. The lowest BCUT2D eigenvalue weighted by atomic mass is 10.2. The van der Waals surface area contributed by atoms with E-state index in [1.54, 1.807) is 18.2 Å². The predicted octanol–water partition coefficient (Wildman–Crippen LogP) is 3.50. The molecule has 0 spiro atoms. The van der Waals surface area contributed by atoms with Crippen molar-refractivity contribution in [1.29, 1.82) is 0 Å². The Balaban J connectivity index is 1.72. The van der Waals surface area contributed by atoms with E-state index < -0.39 is 5.97 Å². The maximum absolute atomic E-state index is 12.5. The summed E-state index contributed by atoms with van der Waals surface area (Å²) in [6.07, 6.45) is 5.91. The van der Waals surface area contributed by atoms with Crippen molar-refractivity contribution in [1.82, 2.24) is 4.98 Å². The zero-order valence-corrected chi connectivity index (χ0v) is 14.1. The Hall–Kier alpha value is -2.41. The highest BCUT2D eigenvalue weighted by Gasteiger charge is 2.20. The van der Waals surface area contributed by atoms with E-state index in [9.17, 15) is 9.59 Å². The van der Waals surface area contributed by atoms with E-state index in [0.717, 1.165) is 37.0 Å². The monoisotopic (exact) mass is 346 g/mol. The van der Waals surface area contributed by atoms with E-state index in [2.05, 4.69) is 15.0 Å². The topological polar surface area (TPSA) is 77.5 Å². The maximum atomic E-state index is 12.5. The number of hydrogen-bond acceptors (Lipinski definition) is 6. The maximum Gasteiger partial charge on any atom is 0.349 e. The van der Waals surface area contributed by atoms with Gasteiger partial charge in [0, 0.05) is 0 Å². The average Bonchev–Trinajstić information content (AvgIpc) is 3.26. The number of hydrogen-bond donors (Lipinski definition) is 1. The highest BCUT2D eigenvalue weighted by atomic mass is 32.1. The standard InChI is InChI=1S/C17H18N2O4S/c1-22-16(21)14-10-18-17(24-14)19-15(20)12-8-4-5-9-13(12)23-11-6-2-3-7-11/h4-5,8-11H,2-3,6-7H2,1H3,(H,18,19,20). The fraction of sp³-hybridized carbons (Fsp3) is 0.353. The third-order valence-corrected chi connectivity index (χ3v) is 4.73. The smallest absolute Gasteiger partial charge is 0.349 e. The van der Waals surface area contributed by atoms with Crippen molar-refractivity contribution in [2.24, 2.45) is 0 Å². The van der Waals surface area contributed by atoms with Crippen LogP contribution in [0, 0.1) is 0 Å². The number of benzene rings is 1. The molecule has 1 aromatic heterocycles. The molecule has 1 aromatic carbocycles. The first-order chi connectivity index (χ1) is 11.7. The van der Waals surface area contributed by atoms with E-state index in [1.807, 2.05) is 6.07 Å². The van der Waals surface area contributed by atoms with Crippen LogP contribution in [0.15, 0.2) is 30.5 Å². The van der Waals surface area contributed by atoms with Crippen molar-refractivity contribution in [3.05, 3.63) is 40.9 Å². The van der Waals surface area contributed by atoms with Crippen molar-refractivity contribution >= 4 is 28.3 Å². The number of ether oxygens (including phenoxy) is 2. The van der Waals surface area contributed by atoms with Crippen molar-refractivity contribution in [2.45, 2.75) is 31.8 Å².